The molecule has 0 amide bonds. The number of likely N-dealkylation sites (N-methyl/N-ethyl adjacent to an activating group) is 4. The molecule has 3 unspecified atom stereocenters. The summed E-state index contributed by atoms with van der Waals surface area (Å²) in [6, 6.07) is 0. The lowest BCUT2D eigenvalue weighted by molar-refractivity contribution is -0.0453. The summed E-state index contributed by atoms with van der Waals surface area (Å²) in [6.07, 6.45) is 5.37. The zero-order chi connectivity index (χ0) is 29.6. The molecule has 10 heteroatoms. The van der Waals surface area contributed by atoms with Gasteiger partial charge in [0.25, 0.3) is 0 Å². The van der Waals surface area contributed by atoms with Gasteiger partial charge in [-0.2, -0.15) is 0 Å². The number of morpholine rings is 4. The van der Waals surface area contributed by atoms with Crippen LogP contribution in [0.25, 0.3) is 0 Å². The van der Waals surface area contributed by atoms with E-state index in [2.05, 4.69) is 67.6 Å². The van der Waals surface area contributed by atoms with Crippen molar-refractivity contribution in [1.29, 1.82) is 0 Å². The highest BCUT2D eigenvalue weighted by molar-refractivity contribution is 4.99. The highest BCUT2D eigenvalue weighted by atomic mass is 16.5. The molecule has 4 saturated heterocycles. The smallest absolute Gasteiger partial charge is 0.0932 e. The third-order valence-electron chi connectivity index (χ3n) is 7.21. The van der Waals surface area contributed by atoms with Crippen LogP contribution in [0.4, 0.5) is 0 Å². The topological polar surface area (TPSA) is 79.3 Å². The first kappa shape index (κ1) is 57.6. The molecule has 1 N–H and O–H groups in total. The second kappa shape index (κ2) is 37.2. The molecule has 5 rings (SSSR count). The van der Waals surface area contributed by atoms with E-state index in [0.717, 1.165) is 111 Å². The molecule has 3 atom stereocenters. The predicted octanol–water partition coefficient (Wildman–Crippen LogP) is 5.49. The van der Waals surface area contributed by atoms with Crippen LogP contribution in [-0.2, 0) is 23.7 Å². The quantitative estimate of drug-likeness (QED) is 0.381. The van der Waals surface area contributed by atoms with Gasteiger partial charge in [-0.1, -0.05) is 63.1 Å². The molecular weight excluding hydrogens is 584 g/mol. The number of hydrogen-bond donors (Lipinski definition) is 1. The van der Waals surface area contributed by atoms with Crippen molar-refractivity contribution in [2.75, 3.05) is 133 Å². The van der Waals surface area contributed by atoms with Gasteiger partial charge in [0.05, 0.1) is 71.2 Å². The number of aliphatic hydroxyl groups excluding tert-OH is 1. The standard InChI is InChI=1S/C7H15NO.C6H13NO2.C6H13NO.C6H10O.C5H11NO.6CH4/c1-3-7-6-8(2)4-5-9-7;1-7-2-3-9-6(4-7)5-8;1-6-5-7(2)3-4-8-6;2*1-6-2-4-7-5-3-6;;;;;;/h7H,3-6H2,1-2H3;6,8H,2-5H2,1H3;6H,3-5H2,1-2H3;2H,3-5H2,1H3;2-5H2,1H3;6*1H4. The summed E-state index contributed by atoms with van der Waals surface area (Å²) >= 11 is 0. The van der Waals surface area contributed by atoms with Gasteiger partial charge in [-0.25, -0.2) is 0 Å². The molecule has 0 spiro atoms. The molecule has 5 heterocycles. The minimum absolute atomic E-state index is 0. The predicted molar refractivity (Wildman–Crippen MR) is 203 cm³/mol. The van der Waals surface area contributed by atoms with Crippen molar-refractivity contribution in [3.05, 3.63) is 11.6 Å². The third-order valence-corrected chi connectivity index (χ3v) is 7.21. The van der Waals surface area contributed by atoms with Gasteiger partial charge in [0.2, 0.25) is 0 Å². The molecule has 0 aliphatic carbocycles. The Hall–Kier alpha value is -0.660. The molecule has 0 aromatic rings. The van der Waals surface area contributed by atoms with Crippen LogP contribution in [0, 0.1) is 0 Å². The van der Waals surface area contributed by atoms with E-state index in [0.29, 0.717) is 12.2 Å². The monoisotopic (exact) mass is 671 g/mol. The summed E-state index contributed by atoms with van der Waals surface area (Å²) in [4.78, 5) is 9.03. The summed E-state index contributed by atoms with van der Waals surface area (Å²) < 4.78 is 26.1. The molecule has 0 aromatic carbocycles. The van der Waals surface area contributed by atoms with E-state index < -0.39 is 0 Å². The number of aliphatic hydroxyl groups is 1. The fourth-order valence-electron chi connectivity index (χ4n) is 4.36. The highest BCUT2D eigenvalue weighted by Gasteiger charge is 2.16. The van der Waals surface area contributed by atoms with Gasteiger partial charge in [-0.05, 0) is 54.9 Å². The van der Waals surface area contributed by atoms with Crippen molar-refractivity contribution in [2.45, 2.75) is 96.5 Å². The Balaban J connectivity index is -0.000000106. The summed E-state index contributed by atoms with van der Waals surface area (Å²) in [7, 11) is 8.41. The maximum absolute atomic E-state index is 8.66. The van der Waals surface area contributed by atoms with Crippen LogP contribution < -0.4 is 0 Å². The van der Waals surface area contributed by atoms with Gasteiger partial charge in [0, 0.05) is 52.4 Å². The van der Waals surface area contributed by atoms with E-state index in [9.17, 15) is 0 Å². The van der Waals surface area contributed by atoms with Crippen molar-refractivity contribution in [2.24, 2.45) is 0 Å². The second-order valence-corrected chi connectivity index (χ2v) is 11.3. The van der Waals surface area contributed by atoms with Crippen LogP contribution in [0.1, 0.15) is 78.2 Å². The van der Waals surface area contributed by atoms with Gasteiger partial charge in [-0.15, -0.1) is 0 Å². The number of ether oxygens (including phenoxy) is 5. The molecule has 4 fully saturated rings. The molecule has 0 bridgehead atoms. The first-order chi connectivity index (χ1) is 19.2. The summed E-state index contributed by atoms with van der Waals surface area (Å²) in [6.45, 7) is 21.1. The van der Waals surface area contributed by atoms with Crippen LogP contribution in [0.2, 0.25) is 0 Å². The summed E-state index contributed by atoms with van der Waals surface area (Å²) in [5.41, 5.74) is 1.46. The van der Waals surface area contributed by atoms with Crippen molar-refractivity contribution in [3.63, 3.8) is 0 Å². The molecule has 0 radical (unpaired) electrons. The lowest BCUT2D eigenvalue weighted by Crippen LogP contribution is -2.41. The Bertz CT molecular complexity index is 595. The zero-order valence-corrected chi connectivity index (χ0v) is 26.8. The molecule has 10 nitrogen and oxygen atoms in total. The van der Waals surface area contributed by atoms with Crippen LogP contribution >= 0.6 is 0 Å². The van der Waals surface area contributed by atoms with Crippen LogP contribution in [0.15, 0.2) is 11.6 Å². The number of nitrogens with zero attached hydrogens (tertiary/aromatic N) is 4. The number of hydrogen-bond acceptors (Lipinski definition) is 10. The van der Waals surface area contributed by atoms with Gasteiger partial charge in [0.1, 0.15) is 0 Å². The van der Waals surface area contributed by atoms with Crippen molar-refractivity contribution >= 4 is 0 Å². The van der Waals surface area contributed by atoms with Gasteiger partial charge in [-0.3, -0.25) is 0 Å². The van der Waals surface area contributed by atoms with Crippen LogP contribution in [-0.4, -0.2) is 176 Å². The van der Waals surface area contributed by atoms with Crippen molar-refractivity contribution in [1.82, 2.24) is 19.6 Å². The maximum atomic E-state index is 8.66. The molecule has 46 heavy (non-hydrogen) atoms. The lowest BCUT2D eigenvalue weighted by atomic mass is 10.2. The largest absolute Gasteiger partial charge is 0.394 e. The van der Waals surface area contributed by atoms with E-state index in [-0.39, 0.29) is 57.3 Å². The second-order valence-electron chi connectivity index (χ2n) is 11.3. The van der Waals surface area contributed by atoms with Crippen molar-refractivity contribution in [3.8, 4) is 0 Å². The Kier molecular flexibility index (Phi) is 46.5. The average Bonchev–Trinajstić information content (AvgIpc) is 2.95. The first-order valence-corrected chi connectivity index (χ1v) is 15.2. The van der Waals surface area contributed by atoms with E-state index in [4.69, 9.17) is 28.8 Å². The Labute approximate surface area is 289 Å². The van der Waals surface area contributed by atoms with E-state index >= 15 is 0 Å². The molecule has 5 aliphatic rings. The maximum Gasteiger partial charge on any atom is 0.0932 e. The molecular formula is C36H86N4O6. The van der Waals surface area contributed by atoms with E-state index in [1.54, 1.807) is 0 Å². The minimum Gasteiger partial charge on any atom is -0.394 e. The molecule has 286 valence electrons. The fourth-order valence-corrected chi connectivity index (χ4v) is 4.36. The molecule has 0 saturated carbocycles. The van der Waals surface area contributed by atoms with Gasteiger partial charge in [0.15, 0.2) is 0 Å². The lowest BCUT2D eigenvalue weighted by Gasteiger charge is -2.29. The van der Waals surface area contributed by atoms with E-state index in [1.807, 2.05) is 7.05 Å². The Morgan fingerprint density at radius 1 is 0.630 bits per heavy atom. The Morgan fingerprint density at radius 3 is 1.35 bits per heavy atom. The fraction of sp³-hybridized carbons (Fsp3) is 0.944. The van der Waals surface area contributed by atoms with Gasteiger partial charge >= 0.3 is 0 Å². The first-order valence-electron chi connectivity index (χ1n) is 15.2. The zero-order valence-electron chi connectivity index (χ0n) is 26.8. The summed E-state index contributed by atoms with van der Waals surface area (Å²) in [5.74, 6) is 0. The average molecular weight is 671 g/mol. The molecule has 0 aromatic heterocycles. The molecule has 5 aliphatic heterocycles. The highest BCUT2D eigenvalue weighted by Crippen LogP contribution is 2.05. The Morgan fingerprint density at radius 2 is 1.09 bits per heavy atom. The van der Waals surface area contributed by atoms with Gasteiger partial charge < -0.3 is 48.4 Å². The van der Waals surface area contributed by atoms with Crippen LogP contribution in [0.5, 0.6) is 0 Å². The summed E-state index contributed by atoms with van der Waals surface area (Å²) in [5, 5.41) is 8.66. The van der Waals surface area contributed by atoms with Crippen LogP contribution in [0.3, 0.4) is 0 Å². The third kappa shape index (κ3) is 31.9. The number of rotatable bonds is 2. The van der Waals surface area contributed by atoms with Crippen molar-refractivity contribution < 1.29 is 28.8 Å². The normalized spacial score (nSPS) is 24.9. The van der Waals surface area contributed by atoms with E-state index in [1.165, 1.54) is 5.57 Å². The SMILES string of the molecule is C.C.C.C.C.C.CC1=CCOCC1.CC1CN(C)CCO1.CCC1CN(C)CCO1.CN1CCOC(CO)C1.CN1CCOCC1. The minimum atomic E-state index is 0.